The molecule has 1 N–H and O–H groups in total. The molecule has 35 heavy (non-hydrogen) atoms. The van der Waals surface area contributed by atoms with Gasteiger partial charge in [0.25, 0.3) is 5.91 Å². The monoisotopic (exact) mass is 483 g/mol. The summed E-state index contributed by atoms with van der Waals surface area (Å²) in [4.78, 5) is 31.1. The molecule has 0 saturated carbocycles. The predicted molar refractivity (Wildman–Crippen MR) is 139 cm³/mol. The maximum absolute atomic E-state index is 13.5. The first-order valence-corrected chi connectivity index (χ1v) is 12.2. The van der Waals surface area contributed by atoms with Gasteiger partial charge in [0.1, 0.15) is 15.9 Å². The highest BCUT2D eigenvalue weighted by Gasteiger charge is 2.24. The quantitative estimate of drug-likeness (QED) is 0.315. The van der Waals surface area contributed by atoms with Gasteiger partial charge in [0.15, 0.2) is 0 Å². The molecule has 0 aliphatic heterocycles. The number of esters is 1. The molecule has 0 saturated heterocycles. The SMILES string of the molecule is CCc1ccc(-c2cc(C(=O)Nc3sc(C(=O)OC(C)C)c(C)c3C#N)c3ccccc3n2)cc1. The van der Waals surface area contributed by atoms with E-state index in [1.54, 1.807) is 26.8 Å². The number of aryl methyl sites for hydroxylation is 1. The first-order chi connectivity index (χ1) is 16.8. The van der Waals surface area contributed by atoms with Gasteiger partial charge < -0.3 is 10.1 Å². The highest BCUT2D eigenvalue weighted by molar-refractivity contribution is 7.18. The Morgan fingerprint density at radius 3 is 2.51 bits per heavy atom. The summed E-state index contributed by atoms with van der Waals surface area (Å²) in [5.41, 5.74) is 4.69. The fourth-order valence-electron chi connectivity index (χ4n) is 3.79. The van der Waals surface area contributed by atoms with E-state index in [4.69, 9.17) is 9.72 Å². The first-order valence-electron chi connectivity index (χ1n) is 11.4. The van der Waals surface area contributed by atoms with E-state index < -0.39 is 5.97 Å². The summed E-state index contributed by atoms with van der Waals surface area (Å²) in [7, 11) is 0. The molecule has 2 aromatic heterocycles. The van der Waals surface area contributed by atoms with Crippen LogP contribution in [0.5, 0.6) is 0 Å². The summed E-state index contributed by atoms with van der Waals surface area (Å²) in [6.07, 6.45) is 0.647. The van der Waals surface area contributed by atoms with Gasteiger partial charge in [-0.2, -0.15) is 5.26 Å². The van der Waals surface area contributed by atoms with Gasteiger partial charge in [-0.3, -0.25) is 4.79 Å². The number of para-hydroxylation sites is 1. The van der Waals surface area contributed by atoms with Crippen LogP contribution < -0.4 is 5.32 Å². The Morgan fingerprint density at radius 2 is 1.86 bits per heavy atom. The van der Waals surface area contributed by atoms with Crippen molar-refractivity contribution >= 4 is 39.1 Å². The summed E-state index contributed by atoms with van der Waals surface area (Å²) >= 11 is 1.05. The number of rotatable bonds is 6. The van der Waals surface area contributed by atoms with E-state index >= 15 is 0 Å². The maximum atomic E-state index is 13.5. The van der Waals surface area contributed by atoms with Crippen LogP contribution in [-0.2, 0) is 11.2 Å². The lowest BCUT2D eigenvalue weighted by molar-refractivity contribution is 0.0383. The molecule has 4 rings (SSSR count). The number of anilines is 1. The minimum absolute atomic E-state index is 0.257. The van der Waals surface area contributed by atoms with Gasteiger partial charge in [-0.15, -0.1) is 11.3 Å². The second-order valence-electron chi connectivity index (χ2n) is 8.40. The molecular formula is C28H25N3O3S. The normalized spacial score (nSPS) is 10.9. The Kier molecular flexibility index (Phi) is 6.94. The van der Waals surface area contributed by atoms with Crippen molar-refractivity contribution in [2.24, 2.45) is 0 Å². The number of benzene rings is 2. The van der Waals surface area contributed by atoms with Crippen molar-refractivity contribution in [1.82, 2.24) is 4.98 Å². The van der Waals surface area contributed by atoms with E-state index in [1.807, 2.05) is 36.4 Å². The molecule has 0 spiro atoms. The van der Waals surface area contributed by atoms with E-state index in [-0.39, 0.29) is 17.6 Å². The number of carbonyl (C=O) groups is 2. The lowest BCUT2D eigenvalue weighted by Gasteiger charge is -2.11. The third-order valence-electron chi connectivity index (χ3n) is 5.63. The van der Waals surface area contributed by atoms with Crippen LogP contribution in [0.1, 0.15) is 57.5 Å². The predicted octanol–water partition coefficient (Wildman–Crippen LogP) is 6.52. The largest absolute Gasteiger partial charge is 0.459 e. The molecular weight excluding hydrogens is 458 g/mol. The minimum atomic E-state index is -0.508. The van der Waals surface area contributed by atoms with Crippen LogP contribution in [0, 0.1) is 18.3 Å². The van der Waals surface area contributed by atoms with Crippen LogP contribution in [0.3, 0.4) is 0 Å². The summed E-state index contributed by atoms with van der Waals surface area (Å²) < 4.78 is 5.30. The van der Waals surface area contributed by atoms with Crippen LogP contribution in [-0.4, -0.2) is 23.0 Å². The van der Waals surface area contributed by atoms with Crippen molar-refractivity contribution in [3.63, 3.8) is 0 Å². The molecule has 0 fully saturated rings. The van der Waals surface area contributed by atoms with Crippen LogP contribution in [0.2, 0.25) is 0 Å². The Hall–Kier alpha value is -4.02. The van der Waals surface area contributed by atoms with Crippen molar-refractivity contribution in [1.29, 1.82) is 5.26 Å². The molecule has 4 aromatic rings. The Bertz CT molecular complexity index is 1460. The summed E-state index contributed by atoms with van der Waals surface area (Å²) in [5.74, 6) is -0.886. The number of pyridine rings is 1. The van der Waals surface area contributed by atoms with Gasteiger partial charge in [0, 0.05) is 10.9 Å². The number of amides is 1. The zero-order valence-electron chi connectivity index (χ0n) is 20.0. The van der Waals surface area contributed by atoms with Crippen molar-refractivity contribution in [3.8, 4) is 17.3 Å². The summed E-state index contributed by atoms with van der Waals surface area (Å²) in [6.45, 7) is 7.30. The van der Waals surface area contributed by atoms with Crippen LogP contribution in [0.15, 0.2) is 54.6 Å². The maximum Gasteiger partial charge on any atom is 0.348 e. The van der Waals surface area contributed by atoms with Crippen LogP contribution in [0.25, 0.3) is 22.2 Å². The molecule has 0 unspecified atom stereocenters. The third-order valence-corrected chi connectivity index (χ3v) is 6.82. The van der Waals surface area contributed by atoms with Crippen molar-refractivity contribution in [2.75, 3.05) is 5.32 Å². The van der Waals surface area contributed by atoms with Gasteiger partial charge in [0.05, 0.1) is 28.4 Å². The van der Waals surface area contributed by atoms with E-state index in [2.05, 4.69) is 30.4 Å². The molecule has 0 aliphatic carbocycles. The van der Waals surface area contributed by atoms with Gasteiger partial charge in [0.2, 0.25) is 0 Å². The molecule has 6 nitrogen and oxygen atoms in total. The standard InChI is InChI=1S/C28H25N3O3S/c1-5-18-10-12-19(13-11-18)24-14-21(20-8-6-7-9-23(20)30-24)26(32)31-27-22(15-29)17(4)25(35-27)28(33)34-16(2)3/h6-14,16H,5H2,1-4H3,(H,31,32). The van der Waals surface area contributed by atoms with Crippen molar-refractivity contribution in [2.45, 2.75) is 40.2 Å². The first kappa shape index (κ1) is 24.1. The number of hydrogen-bond donors (Lipinski definition) is 1. The highest BCUT2D eigenvalue weighted by Crippen LogP contribution is 2.34. The summed E-state index contributed by atoms with van der Waals surface area (Å²) in [6, 6.07) is 19.4. The third kappa shape index (κ3) is 4.93. The summed E-state index contributed by atoms with van der Waals surface area (Å²) in [5, 5.41) is 13.6. The van der Waals surface area contributed by atoms with Gasteiger partial charge in [-0.1, -0.05) is 49.4 Å². The Balaban J connectivity index is 1.75. The van der Waals surface area contributed by atoms with Gasteiger partial charge in [-0.05, 0) is 50.5 Å². The molecule has 0 bridgehead atoms. The van der Waals surface area contributed by atoms with Gasteiger partial charge >= 0.3 is 5.97 Å². The highest BCUT2D eigenvalue weighted by atomic mass is 32.1. The smallest absolute Gasteiger partial charge is 0.348 e. The van der Waals surface area contributed by atoms with Crippen LogP contribution in [0.4, 0.5) is 5.00 Å². The van der Waals surface area contributed by atoms with E-state index in [1.165, 1.54) is 5.56 Å². The molecule has 0 aliphatic rings. The van der Waals surface area contributed by atoms with Crippen molar-refractivity contribution in [3.05, 3.63) is 81.7 Å². The number of aromatic nitrogens is 1. The fourth-order valence-corrected chi connectivity index (χ4v) is 4.83. The Morgan fingerprint density at radius 1 is 1.14 bits per heavy atom. The number of fused-ring (bicyclic) bond motifs is 1. The number of ether oxygens (including phenoxy) is 1. The molecule has 0 atom stereocenters. The number of nitriles is 1. The molecule has 1 amide bonds. The topological polar surface area (TPSA) is 92.1 Å². The number of nitrogens with zero attached hydrogens (tertiary/aromatic N) is 2. The number of carbonyl (C=O) groups excluding carboxylic acids is 2. The van der Waals surface area contributed by atoms with Gasteiger partial charge in [-0.25, -0.2) is 9.78 Å². The van der Waals surface area contributed by atoms with E-state index in [9.17, 15) is 14.9 Å². The molecule has 176 valence electrons. The lowest BCUT2D eigenvalue weighted by Crippen LogP contribution is -2.13. The molecule has 0 radical (unpaired) electrons. The number of nitrogens with one attached hydrogen (secondary N) is 1. The zero-order valence-corrected chi connectivity index (χ0v) is 20.8. The average molecular weight is 484 g/mol. The second kappa shape index (κ2) is 10.1. The van der Waals surface area contributed by atoms with Crippen LogP contribution >= 0.6 is 11.3 Å². The fraction of sp³-hybridized carbons (Fsp3) is 0.214. The Labute approximate surface area is 208 Å². The minimum Gasteiger partial charge on any atom is -0.459 e. The zero-order chi connectivity index (χ0) is 25.1. The van der Waals surface area contributed by atoms with Crippen molar-refractivity contribution < 1.29 is 14.3 Å². The number of hydrogen-bond acceptors (Lipinski definition) is 6. The molecule has 2 heterocycles. The second-order valence-corrected chi connectivity index (χ2v) is 9.42. The average Bonchev–Trinajstić information content (AvgIpc) is 3.17. The molecule has 7 heteroatoms. The molecule has 2 aromatic carbocycles. The number of thiophene rings is 1. The van der Waals surface area contributed by atoms with E-state index in [0.717, 1.165) is 23.3 Å². The lowest BCUT2D eigenvalue weighted by atomic mass is 10.0. The van der Waals surface area contributed by atoms with E-state index in [0.29, 0.717) is 37.6 Å².